The van der Waals surface area contributed by atoms with E-state index < -0.39 is 0 Å². The van der Waals surface area contributed by atoms with Crippen LogP contribution >= 0.6 is 23.4 Å². The maximum atomic E-state index is 6.17. The van der Waals surface area contributed by atoms with E-state index in [4.69, 9.17) is 21.1 Å². The second kappa shape index (κ2) is 8.23. The number of para-hydroxylation sites is 1. The van der Waals surface area contributed by atoms with E-state index in [0.29, 0.717) is 23.4 Å². The summed E-state index contributed by atoms with van der Waals surface area (Å²) in [5.74, 6) is 3.18. The Kier molecular flexibility index (Phi) is 5.55. The fraction of sp³-hybridized carbons (Fsp3) is 0.300. The minimum absolute atomic E-state index is 0.354. The molecule has 1 aromatic heterocycles. The van der Waals surface area contributed by atoms with Crippen molar-refractivity contribution in [1.29, 1.82) is 0 Å². The van der Waals surface area contributed by atoms with Gasteiger partial charge in [-0.25, -0.2) is 0 Å². The molecule has 1 fully saturated rings. The number of thioether (sulfide) groups is 1. The fourth-order valence-electron chi connectivity index (χ4n) is 2.82. The molecule has 0 amide bonds. The number of rotatable bonds is 8. The van der Waals surface area contributed by atoms with Crippen LogP contribution in [-0.2, 0) is 12.4 Å². The van der Waals surface area contributed by atoms with Gasteiger partial charge in [0.2, 0.25) is 0 Å². The summed E-state index contributed by atoms with van der Waals surface area (Å²) in [7, 11) is 1.68. The SMILES string of the molecule is COc1cccc(CSc2nnc(COc3ccccc3Cl)n2C2CC2)c1. The lowest BCUT2D eigenvalue weighted by Gasteiger charge is -2.11. The maximum absolute atomic E-state index is 6.17. The fourth-order valence-corrected chi connectivity index (χ4v) is 3.98. The summed E-state index contributed by atoms with van der Waals surface area (Å²) >= 11 is 7.86. The van der Waals surface area contributed by atoms with Crippen molar-refractivity contribution in [3.8, 4) is 11.5 Å². The van der Waals surface area contributed by atoms with E-state index in [-0.39, 0.29) is 0 Å². The highest BCUT2D eigenvalue weighted by atomic mass is 35.5. The molecule has 140 valence electrons. The standard InChI is InChI=1S/C20H20ClN3O2S/c1-25-16-6-4-5-14(11-16)13-27-20-23-22-19(24(20)15-9-10-15)12-26-18-8-3-2-7-17(18)21/h2-8,11,15H,9-10,12-13H2,1H3. The average molecular weight is 402 g/mol. The van der Waals surface area contributed by atoms with Gasteiger partial charge in [-0.3, -0.25) is 4.57 Å². The van der Waals surface area contributed by atoms with Crippen LogP contribution in [0.25, 0.3) is 0 Å². The smallest absolute Gasteiger partial charge is 0.191 e. The Morgan fingerprint density at radius 2 is 2.00 bits per heavy atom. The van der Waals surface area contributed by atoms with Gasteiger partial charge in [0.1, 0.15) is 18.1 Å². The van der Waals surface area contributed by atoms with Gasteiger partial charge in [0.25, 0.3) is 0 Å². The first-order valence-corrected chi connectivity index (χ1v) is 10.2. The van der Waals surface area contributed by atoms with Crippen LogP contribution in [0, 0.1) is 0 Å². The summed E-state index contributed by atoms with van der Waals surface area (Å²) in [4.78, 5) is 0. The van der Waals surface area contributed by atoms with Crippen LogP contribution in [-0.4, -0.2) is 21.9 Å². The van der Waals surface area contributed by atoms with E-state index in [1.165, 1.54) is 5.56 Å². The molecular formula is C20H20ClN3O2S. The van der Waals surface area contributed by atoms with Crippen molar-refractivity contribution in [2.45, 2.75) is 36.4 Å². The molecule has 0 unspecified atom stereocenters. The number of methoxy groups -OCH3 is 1. The van der Waals surface area contributed by atoms with Crippen LogP contribution in [0.1, 0.15) is 30.3 Å². The van der Waals surface area contributed by atoms with Gasteiger partial charge in [-0.2, -0.15) is 0 Å². The molecule has 1 aliphatic rings. The number of hydrogen-bond acceptors (Lipinski definition) is 5. The predicted octanol–water partition coefficient (Wildman–Crippen LogP) is 5.15. The van der Waals surface area contributed by atoms with E-state index in [9.17, 15) is 0 Å². The third kappa shape index (κ3) is 4.39. The zero-order chi connectivity index (χ0) is 18.6. The topological polar surface area (TPSA) is 49.2 Å². The van der Waals surface area contributed by atoms with E-state index in [0.717, 1.165) is 35.3 Å². The Hall–Kier alpha value is -2.18. The zero-order valence-electron chi connectivity index (χ0n) is 15.0. The Morgan fingerprint density at radius 1 is 1.15 bits per heavy atom. The molecule has 0 spiro atoms. The lowest BCUT2D eigenvalue weighted by molar-refractivity contribution is 0.288. The first-order valence-electron chi connectivity index (χ1n) is 8.81. The summed E-state index contributed by atoms with van der Waals surface area (Å²) in [5.41, 5.74) is 1.19. The first kappa shape index (κ1) is 18.2. The first-order chi connectivity index (χ1) is 13.2. The molecule has 0 N–H and O–H groups in total. The monoisotopic (exact) mass is 401 g/mol. The lowest BCUT2D eigenvalue weighted by Crippen LogP contribution is -2.07. The van der Waals surface area contributed by atoms with Crippen LogP contribution in [0.4, 0.5) is 0 Å². The number of benzene rings is 2. The predicted molar refractivity (Wildman–Crippen MR) is 107 cm³/mol. The average Bonchev–Trinajstić information content (AvgIpc) is 3.46. The molecule has 3 aromatic rings. The molecule has 1 heterocycles. The molecule has 5 nitrogen and oxygen atoms in total. The summed E-state index contributed by atoms with van der Waals surface area (Å²) in [5, 5.41) is 10.3. The number of aromatic nitrogens is 3. The van der Waals surface area contributed by atoms with Gasteiger partial charge in [0.05, 0.1) is 12.1 Å². The van der Waals surface area contributed by atoms with E-state index in [2.05, 4.69) is 20.8 Å². The third-order valence-electron chi connectivity index (χ3n) is 4.34. The highest BCUT2D eigenvalue weighted by molar-refractivity contribution is 7.98. The normalized spacial score (nSPS) is 13.6. The Balaban J connectivity index is 1.46. The van der Waals surface area contributed by atoms with Crippen molar-refractivity contribution in [2.75, 3.05) is 7.11 Å². The van der Waals surface area contributed by atoms with Crippen molar-refractivity contribution in [2.24, 2.45) is 0 Å². The second-order valence-corrected chi connectivity index (χ2v) is 7.71. The molecular weight excluding hydrogens is 382 g/mol. The van der Waals surface area contributed by atoms with Crippen LogP contribution in [0.3, 0.4) is 0 Å². The van der Waals surface area contributed by atoms with Crippen molar-refractivity contribution >= 4 is 23.4 Å². The van der Waals surface area contributed by atoms with Crippen molar-refractivity contribution in [1.82, 2.24) is 14.8 Å². The van der Waals surface area contributed by atoms with Crippen molar-refractivity contribution in [3.05, 3.63) is 64.9 Å². The molecule has 0 radical (unpaired) electrons. The Labute approximate surface area is 167 Å². The maximum Gasteiger partial charge on any atom is 0.191 e. The summed E-state index contributed by atoms with van der Waals surface area (Å²) in [6.45, 7) is 0.354. The van der Waals surface area contributed by atoms with Gasteiger partial charge >= 0.3 is 0 Å². The molecule has 0 bridgehead atoms. The largest absolute Gasteiger partial charge is 0.497 e. The minimum atomic E-state index is 0.354. The number of halogens is 1. The van der Waals surface area contributed by atoms with Crippen LogP contribution in [0.2, 0.25) is 5.02 Å². The zero-order valence-corrected chi connectivity index (χ0v) is 16.5. The third-order valence-corrected chi connectivity index (χ3v) is 5.67. The molecule has 2 aromatic carbocycles. The molecule has 0 aliphatic heterocycles. The Bertz CT molecular complexity index is 927. The van der Waals surface area contributed by atoms with Crippen LogP contribution in [0.5, 0.6) is 11.5 Å². The van der Waals surface area contributed by atoms with Gasteiger partial charge < -0.3 is 9.47 Å². The van der Waals surface area contributed by atoms with Crippen molar-refractivity contribution in [3.63, 3.8) is 0 Å². The molecule has 0 atom stereocenters. The number of hydrogen-bond donors (Lipinski definition) is 0. The number of ether oxygens (including phenoxy) is 2. The van der Waals surface area contributed by atoms with Crippen LogP contribution in [0.15, 0.2) is 53.7 Å². The second-order valence-electron chi connectivity index (χ2n) is 6.36. The molecule has 1 saturated carbocycles. The highest BCUT2D eigenvalue weighted by Gasteiger charge is 2.29. The van der Waals surface area contributed by atoms with Crippen molar-refractivity contribution < 1.29 is 9.47 Å². The van der Waals surface area contributed by atoms with Gasteiger partial charge in [0.15, 0.2) is 11.0 Å². The summed E-state index contributed by atoms with van der Waals surface area (Å²) in [6, 6.07) is 16.0. The van der Waals surface area contributed by atoms with Gasteiger partial charge in [0, 0.05) is 11.8 Å². The molecule has 0 saturated heterocycles. The lowest BCUT2D eigenvalue weighted by atomic mass is 10.2. The molecule has 1 aliphatic carbocycles. The van der Waals surface area contributed by atoms with Gasteiger partial charge in [-0.15, -0.1) is 10.2 Å². The Morgan fingerprint density at radius 3 is 2.78 bits per heavy atom. The van der Waals surface area contributed by atoms with E-state index >= 15 is 0 Å². The molecule has 7 heteroatoms. The van der Waals surface area contributed by atoms with Gasteiger partial charge in [-0.05, 0) is 42.7 Å². The summed E-state index contributed by atoms with van der Waals surface area (Å²) in [6.07, 6.45) is 2.31. The number of nitrogens with zero attached hydrogens (tertiary/aromatic N) is 3. The van der Waals surface area contributed by atoms with Gasteiger partial charge in [-0.1, -0.05) is 47.6 Å². The van der Waals surface area contributed by atoms with E-state index in [1.807, 2.05) is 42.5 Å². The minimum Gasteiger partial charge on any atom is -0.497 e. The van der Waals surface area contributed by atoms with E-state index in [1.54, 1.807) is 18.9 Å². The highest BCUT2D eigenvalue weighted by Crippen LogP contribution is 2.39. The quantitative estimate of drug-likeness (QED) is 0.489. The van der Waals surface area contributed by atoms with Crippen LogP contribution < -0.4 is 9.47 Å². The summed E-state index contributed by atoms with van der Waals surface area (Å²) < 4.78 is 13.4. The molecule has 27 heavy (non-hydrogen) atoms. The molecule has 4 rings (SSSR count).